The molecule has 0 amide bonds. The van der Waals surface area contributed by atoms with Crippen LogP contribution in [0.25, 0.3) is 0 Å². The predicted molar refractivity (Wildman–Crippen MR) is 98.8 cm³/mol. The Kier molecular flexibility index (Phi) is 9.54. The van der Waals surface area contributed by atoms with Crippen LogP contribution < -0.4 is 0 Å². The highest BCUT2D eigenvalue weighted by Gasteiger charge is 2.10. The Morgan fingerprint density at radius 2 is 1.65 bits per heavy atom. The van der Waals surface area contributed by atoms with Crippen molar-refractivity contribution < 1.29 is 4.74 Å². The van der Waals surface area contributed by atoms with Crippen molar-refractivity contribution in [2.24, 2.45) is 5.41 Å². The summed E-state index contributed by atoms with van der Waals surface area (Å²) >= 11 is 0. The zero-order valence-corrected chi connectivity index (χ0v) is 16.1. The maximum Gasteiger partial charge on any atom is 0.0767 e. The zero-order chi connectivity index (χ0) is 17.1. The Morgan fingerprint density at radius 1 is 1.04 bits per heavy atom. The summed E-state index contributed by atoms with van der Waals surface area (Å²) in [4.78, 5) is 0. The van der Waals surface area contributed by atoms with Crippen molar-refractivity contribution in [3.63, 3.8) is 0 Å². The number of nitrogens with zero attached hydrogens (tertiary/aromatic N) is 2. The van der Waals surface area contributed by atoms with Gasteiger partial charge in [-0.15, -0.1) is 0 Å². The van der Waals surface area contributed by atoms with E-state index in [1.165, 1.54) is 57.1 Å². The van der Waals surface area contributed by atoms with Gasteiger partial charge in [0, 0.05) is 19.0 Å². The minimum atomic E-state index is 0.292. The second-order valence-electron chi connectivity index (χ2n) is 8.09. The Balaban J connectivity index is 2.00. The summed E-state index contributed by atoms with van der Waals surface area (Å²) in [7, 11) is 1.82. The average molecular weight is 323 g/mol. The number of ether oxygens (including phenoxy) is 1. The van der Waals surface area contributed by atoms with Gasteiger partial charge in [-0.25, -0.2) is 0 Å². The fourth-order valence-electron chi connectivity index (χ4n) is 2.98. The highest BCUT2D eigenvalue weighted by atomic mass is 16.5. The third kappa shape index (κ3) is 9.80. The largest absolute Gasteiger partial charge is 0.380 e. The number of methoxy groups -OCH3 is 1. The minimum Gasteiger partial charge on any atom is -0.380 e. The molecule has 3 heteroatoms. The van der Waals surface area contributed by atoms with Crippen LogP contribution in [0.4, 0.5) is 0 Å². The number of hydrogen-bond donors (Lipinski definition) is 0. The second kappa shape index (κ2) is 10.9. The molecule has 0 aliphatic carbocycles. The van der Waals surface area contributed by atoms with Gasteiger partial charge < -0.3 is 4.74 Å². The first kappa shape index (κ1) is 20.2. The molecule has 1 heterocycles. The van der Waals surface area contributed by atoms with Crippen LogP contribution in [0.5, 0.6) is 0 Å². The van der Waals surface area contributed by atoms with Crippen LogP contribution >= 0.6 is 0 Å². The van der Waals surface area contributed by atoms with E-state index in [-0.39, 0.29) is 0 Å². The van der Waals surface area contributed by atoms with Crippen molar-refractivity contribution in [3.8, 4) is 0 Å². The van der Waals surface area contributed by atoms with Gasteiger partial charge in [-0.3, -0.25) is 4.68 Å². The lowest BCUT2D eigenvalue weighted by atomic mass is 9.89. The van der Waals surface area contributed by atoms with Gasteiger partial charge in [0.15, 0.2) is 0 Å². The highest BCUT2D eigenvalue weighted by Crippen LogP contribution is 2.22. The van der Waals surface area contributed by atoms with Crippen molar-refractivity contribution in [2.75, 3.05) is 7.11 Å². The van der Waals surface area contributed by atoms with Gasteiger partial charge in [-0.1, -0.05) is 65.7 Å². The number of unbranched alkanes of at least 4 members (excludes halogenated alkanes) is 6. The molecule has 0 N–H and O–H groups in total. The monoisotopic (exact) mass is 322 g/mol. The van der Waals surface area contributed by atoms with E-state index in [9.17, 15) is 0 Å². The van der Waals surface area contributed by atoms with E-state index in [1.807, 2.05) is 24.1 Å². The summed E-state index contributed by atoms with van der Waals surface area (Å²) in [5.74, 6) is 0. The number of rotatable bonds is 12. The molecule has 1 unspecified atom stereocenters. The van der Waals surface area contributed by atoms with Gasteiger partial charge >= 0.3 is 0 Å². The van der Waals surface area contributed by atoms with Gasteiger partial charge in [-0.05, 0) is 31.2 Å². The van der Waals surface area contributed by atoms with E-state index in [4.69, 9.17) is 4.74 Å². The highest BCUT2D eigenvalue weighted by molar-refractivity contribution is 4.96. The molecular weight excluding hydrogens is 284 g/mol. The number of aromatic nitrogens is 2. The fraction of sp³-hybridized carbons (Fsp3) is 0.850. The lowest BCUT2D eigenvalue weighted by Gasteiger charge is -2.17. The molecule has 0 bridgehead atoms. The smallest absolute Gasteiger partial charge is 0.0767 e. The molecule has 0 saturated heterocycles. The Labute approximate surface area is 143 Å². The molecular formula is C20H38N2O. The van der Waals surface area contributed by atoms with Crippen LogP contribution in [-0.4, -0.2) is 23.0 Å². The zero-order valence-electron chi connectivity index (χ0n) is 16.1. The van der Waals surface area contributed by atoms with Gasteiger partial charge in [0.25, 0.3) is 0 Å². The van der Waals surface area contributed by atoms with Gasteiger partial charge in [0.1, 0.15) is 0 Å². The molecule has 1 aromatic heterocycles. The Hall–Kier alpha value is -0.830. The molecule has 0 saturated carbocycles. The fourth-order valence-corrected chi connectivity index (χ4v) is 2.98. The molecule has 0 aromatic carbocycles. The summed E-state index contributed by atoms with van der Waals surface area (Å²) in [6.45, 7) is 9.99. The maximum atomic E-state index is 5.61. The standard InChI is InChI=1S/C20H38N2O/c1-18-14-16-21-22(18)17-19(23-5)13-11-9-7-6-8-10-12-15-20(2,3)4/h14,16,19H,6-13,15,17H2,1-5H3. The Bertz CT molecular complexity index is 406. The van der Waals surface area contributed by atoms with Crippen molar-refractivity contribution in [1.82, 2.24) is 9.78 Å². The van der Waals surface area contributed by atoms with E-state index < -0.39 is 0 Å². The van der Waals surface area contributed by atoms with Crippen molar-refractivity contribution in [1.29, 1.82) is 0 Å². The Morgan fingerprint density at radius 3 is 2.17 bits per heavy atom. The summed E-state index contributed by atoms with van der Waals surface area (Å²) in [5, 5.41) is 4.34. The predicted octanol–water partition coefficient (Wildman–Crippen LogP) is 5.76. The van der Waals surface area contributed by atoms with E-state index in [0.29, 0.717) is 11.5 Å². The van der Waals surface area contributed by atoms with Crippen LogP contribution in [0.15, 0.2) is 12.3 Å². The van der Waals surface area contributed by atoms with Crippen LogP contribution in [0, 0.1) is 12.3 Å². The van der Waals surface area contributed by atoms with Crippen LogP contribution in [0.3, 0.4) is 0 Å². The molecule has 1 aromatic rings. The second-order valence-corrected chi connectivity index (χ2v) is 8.09. The van der Waals surface area contributed by atoms with Crippen molar-refractivity contribution in [2.45, 2.75) is 98.1 Å². The third-order valence-electron chi connectivity index (χ3n) is 4.59. The molecule has 0 aliphatic heterocycles. The molecule has 1 rings (SSSR count). The van der Waals surface area contributed by atoms with Crippen LogP contribution in [0.1, 0.15) is 84.3 Å². The quantitative estimate of drug-likeness (QED) is 0.457. The SMILES string of the molecule is COC(CCCCCCCCCC(C)(C)C)Cn1nccc1C. The van der Waals surface area contributed by atoms with E-state index in [1.54, 1.807) is 0 Å². The molecule has 1 atom stereocenters. The molecule has 0 aliphatic rings. The maximum absolute atomic E-state index is 5.61. The van der Waals surface area contributed by atoms with Crippen LogP contribution in [0.2, 0.25) is 0 Å². The lowest BCUT2D eigenvalue weighted by Crippen LogP contribution is -2.20. The molecule has 134 valence electrons. The first-order chi connectivity index (χ1) is 10.9. The van der Waals surface area contributed by atoms with Gasteiger partial charge in [0.05, 0.1) is 12.6 Å². The average Bonchev–Trinajstić information content (AvgIpc) is 2.88. The van der Waals surface area contributed by atoms with E-state index in [2.05, 4.69) is 32.8 Å². The molecule has 0 radical (unpaired) electrons. The molecule has 23 heavy (non-hydrogen) atoms. The van der Waals surface area contributed by atoms with Gasteiger partial charge in [-0.2, -0.15) is 5.10 Å². The lowest BCUT2D eigenvalue weighted by molar-refractivity contribution is 0.0746. The summed E-state index contributed by atoms with van der Waals surface area (Å²) in [6.07, 6.45) is 14.2. The number of aryl methyl sites for hydroxylation is 1. The summed E-state index contributed by atoms with van der Waals surface area (Å²) in [6, 6.07) is 2.05. The molecule has 0 fully saturated rings. The van der Waals surface area contributed by atoms with E-state index in [0.717, 1.165) is 13.0 Å². The third-order valence-corrected chi connectivity index (χ3v) is 4.59. The molecule has 3 nitrogen and oxygen atoms in total. The van der Waals surface area contributed by atoms with Crippen molar-refractivity contribution in [3.05, 3.63) is 18.0 Å². The summed E-state index contributed by atoms with van der Waals surface area (Å²) < 4.78 is 7.65. The van der Waals surface area contributed by atoms with Crippen LogP contribution in [-0.2, 0) is 11.3 Å². The van der Waals surface area contributed by atoms with Gasteiger partial charge in [0.2, 0.25) is 0 Å². The molecule has 0 spiro atoms. The number of hydrogen-bond acceptors (Lipinski definition) is 2. The first-order valence-corrected chi connectivity index (χ1v) is 9.43. The minimum absolute atomic E-state index is 0.292. The van der Waals surface area contributed by atoms with E-state index >= 15 is 0 Å². The summed E-state index contributed by atoms with van der Waals surface area (Å²) in [5.41, 5.74) is 1.71. The van der Waals surface area contributed by atoms with Crippen molar-refractivity contribution >= 4 is 0 Å². The first-order valence-electron chi connectivity index (χ1n) is 9.43. The topological polar surface area (TPSA) is 27.1 Å². The normalized spacial score (nSPS) is 13.4.